The molecule has 0 radical (unpaired) electrons. The van der Waals surface area contributed by atoms with Crippen LogP contribution in [0.5, 0.6) is 5.75 Å². The third-order valence-corrected chi connectivity index (χ3v) is 3.98. The molecule has 1 amide bonds. The predicted molar refractivity (Wildman–Crippen MR) is 73.5 cm³/mol. The van der Waals surface area contributed by atoms with Gasteiger partial charge in [0.1, 0.15) is 11.4 Å². The molecule has 5 heteroatoms. The zero-order valence-corrected chi connectivity index (χ0v) is 11.4. The number of amides is 1. The van der Waals surface area contributed by atoms with Crippen molar-refractivity contribution in [3.05, 3.63) is 46.4 Å². The van der Waals surface area contributed by atoms with Gasteiger partial charge in [0.2, 0.25) is 0 Å². The van der Waals surface area contributed by atoms with E-state index < -0.39 is 0 Å². The third kappa shape index (κ3) is 2.21. The summed E-state index contributed by atoms with van der Waals surface area (Å²) in [5.41, 5.74) is 2.90. The van der Waals surface area contributed by atoms with Crippen molar-refractivity contribution in [2.24, 2.45) is 0 Å². The molecule has 0 atom stereocenters. The number of methoxy groups -OCH3 is 1. The van der Waals surface area contributed by atoms with Crippen molar-refractivity contribution >= 4 is 17.2 Å². The minimum Gasteiger partial charge on any atom is -0.496 e. The summed E-state index contributed by atoms with van der Waals surface area (Å²) in [6.45, 7) is 0. The first-order valence-corrected chi connectivity index (χ1v) is 7.04. The second kappa shape index (κ2) is 4.66. The van der Waals surface area contributed by atoms with E-state index in [9.17, 15) is 4.79 Å². The van der Waals surface area contributed by atoms with E-state index in [1.165, 1.54) is 11.3 Å². The molecule has 1 aliphatic rings. The van der Waals surface area contributed by atoms with Crippen molar-refractivity contribution in [1.82, 2.24) is 10.3 Å². The van der Waals surface area contributed by atoms with Gasteiger partial charge >= 0.3 is 0 Å². The Morgan fingerprint density at radius 1 is 1.42 bits per heavy atom. The van der Waals surface area contributed by atoms with Gasteiger partial charge in [-0.2, -0.15) is 0 Å². The van der Waals surface area contributed by atoms with Crippen LogP contribution >= 0.6 is 11.3 Å². The van der Waals surface area contributed by atoms with Crippen LogP contribution in [0.2, 0.25) is 0 Å². The molecule has 0 saturated heterocycles. The van der Waals surface area contributed by atoms with Crippen molar-refractivity contribution in [3.63, 3.8) is 0 Å². The summed E-state index contributed by atoms with van der Waals surface area (Å²) >= 11 is 1.42. The second-order valence-electron chi connectivity index (χ2n) is 4.61. The molecule has 4 nitrogen and oxygen atoms in total. The van der Waals surface area contributed by atoms with Crippen LogP contribution in [-0.2, 0) is 5.54 Å². The molecule has 1 saturated carbocycles. The second-order valence-corrected chi connectivity index (χ2v) is 5.33. The number of nitrogens with one attached hydrogen (secondary N) is 1. The Kier molecular flexibility index (Phi) is 2.98. The molecular weight excluding hydrogens is 260 g/mol. The molecule has 0 aliphatic heterocycles. The van der Waals surface area contributed by atoms with Gasteiger partial charge in [-0.3, -0.25) is 4.79 Å². The number of rotatable bonds is 4. The maximum Gasteiger partial charge on any atom is 0.271 e. The van der Waals surface area contributed by atoms with E-state index in [1.54, 1.807) is 18.0 Å². The first-order valence-electron chi connectivity index (χ1n) is 6.09. The normalized spacial score (nSPS) is 15.8. The van der Waals surface area contributed by atoms with Crippen LogP contribution < -0.4 is 10.1 Å². The molecular formula is C14H14N2O2S. The van der Waals surface area contributed by atoms with Gasteiger partial charge in [0, 0.05) is 10.9 Å². The molecule has 1 aromatic heterocycles. The molecule has 1 heterocycles. The first-order chi connectivity index (χ1) is 9.25. The Morgan fingerprint density at radius 2 is 2.21 bits per heavy atom. The summed E-state index contributed by atoms with van der Waals surface area (Å²) in [7, 11) is 1.65. The lowest BCUT2D eigenvalue weighted by Gasteiger charge is -2.19. The molecule has 2 aromatic rings. The molecule has 19 heavy (non-hydrogen) atoms. The van der Waals surface area contributed by atoms with Crippen molar-refractivity contribution in [2.75, 3.05) is 7.11 Å². The highest BCUT2D eigenvalue weighted by Crippen LogP contribution is 2.48. The van der Waals surface area contributed by atoms with Gasteiger partial charge in [0.15, 0.2) is 0 Å². The number of benzene rings is 1. The molecule has 1 fully saturated rings. The number of para-hydroxylation sites is 1. The Hall–Kier alpha value is -1.88. The molecule has 0 bridgehead atoms. The predicted octanol–water partition coefficient (Wildman–Crippen LogP) is 2.57. The number of ether oxygens (including phenoxy) is 1. The largest absolute Gasteiger partial charge is 0.496 e. The van der Waals surface area contributed by atoms with E-state index >= 15 is 0 Å². The summed E-state index contributed by atoms with van der Waals surface area (Å²) in [6.07, 6.45) is 1.87. The maximum absolute atomic E-state index is 12.1. The fourth-order valence-electron chi connectivity index (χ4n) is 2.23. The zero-order chi connectivity index (χ0) is 13.3. The number of carbonyl (C=O) groups excluding carboxylic acids is 1. The smallest absolute Gasteiger partial charge is 0.271 e. The number of hydrogen-bond donors (Lipinski definition) is 1. The summed E-state index contributed by atoms with van der Waals surface area (Å²) < 4.78 is 5.38. The lowest BCUT2D eigenvalue weighted by Crippen LogP contribution is -2.35. The van der Waals surface area contributed by atoms with Crippen LogP contribution in [0.4, 0.5) is 0 Å². The highest BCUT2D eigenvalue weighted by Gasteiger charge is 2.47. The minimum atomic E-state index is -0.284. The Labute approximate surface area is 115 Å². The summed E-state index contributed by atoms with van der Waals surface area (Å²) in [5, 5.41) is 4.84. The van der Waals surface area contributed by atoms with Crippen molar-refractivity contribution in [3.8, 4) is 5.75 Å². The average Bonchev–Trinajstić information content (AvgIpc) is 3.01. The van der Waals surface area contributed by atoms with Crippen molar-refractivity contribution < 1.29 is 9.53 Å². The van der Waals surface area contributed by atoms with Gasteiger partial charge < -0.3 is 10.1 Å². The van der Waals surface area contributed by atoms with Crippen molar-refractivity contribution in [1.29, 1.82) is 0 Å². The average molecular weight is 274 g/mol. The highest BCUT2D eigenvalue weighted by atomic mass is 32.1. The monoisotopic (exact) mass is 274 g/mol. The lowest BCUT2D eigenvalue weighted by atomic mass is 10.0. The van der Waals surface area contributed by atoms with Crippen LogP contribution in [0.3, 0.4) is 0 Å². The van der Waals surface area contributed by atoms with E-state index in [4.69, 9.17) is 4.74 Å². The molecule has 98 valence electrons. The van der Waals surface area contributed by atoms with Crippen molar-refractivity contribution in [2.45, 2.75) is 18.4 Å². The molecule has 1 aliphatic carbocycles. The van der Waals surface area contributed by atoms with Crippen LogP contribution in [0.25, 0.3) is 0 Å². The van der Waals surface area contributed by atoms with Crippen LogP contribution in [0.1, 0.15) is 28.9 Å². The van der Waals surface area contributed by atoms with Gasteiger partial charge in [-0.05, 0) is 18.9 Å². The van der Waals surface area contributed by atoms with Gasteiger partial charge in [0.05, 0.1) is 18.2 Å². The zero-order valence-electron chi connectivity index (χ0n) is 10.6. The number of aromatic nitrogens is 1. The fraction of sp³-hybridized carbons (Fsp3) is 0.286. The Bertz CT molecular complexity index is 591. The van der Waals surface area contributed by atoms with Crippen LogP contribution in [0, 0.1) is 0 Å². The fourth-order valence-corrected chi connectivity index (χ4v) is 2.76. The summed E-state index contributed by atoms with van der Waals surface area (Å²) in [4.78, 5) is 16.2. The standard InChI is InChI=1S/C14H14N2O2S/c1-18-12-5-3-2-4-10(12)14(6-7-14)16-13(17)11-8-19-9-15-11/h2-5,8-9H,6-7H2,1H3,(H,16,17). The van der Waals surface area contributed by atoms with Gasteiger partial charge in [-0.15, -0.1) is 11.3 Å². The number of hydrogen-bond acceptors (Lipinski definition) is 4. The van der Waals surface area contributed by atoms with Crippen LogP contribution in [-0.4, -0.2) is 18.0 Å². The van der Waals surface area contributed by atoms with Gasteiger partial charge in [0.25, 0.3) is 5.91 Å². The van der Waals surface area contributed by atoms with Gasteiger partial charge in [-0.1, -0.05) is 18.2 Å². The van der Waals surface area contributed by atoms with E-state index in [-0.39, 0.29) is 11.4 Å². The quantitative estimate of drug-likeness (QED) is 0.932. The van der Waals surface area contributed by atoms with E-state index in [0.29, 0.717) is 5.69 Å². The molecule has 1 N–H and O–H groups in total. The summed E-state index contributed by atoms with van der Waals surface area (Å²) in [6, 6.07) is 7.82. The topological polar surface area (TPSA) is 51.2 Å². The number of carbonyl (C=O) groups is 1. The first kappa shape index (κ1) is 12.2. The molecule has 0 spiro atoms. The third-order valence-electron chi connectivity index (χ3n) is 3.39. The Balaban J connectivity index is 1.86. The van der Waals surface area contributed by atoms with Gasteiger partial charge in [-0.25, -0.2) is 4.98 Å². The highest BCUT2D eigenvalue weighted by molar-refractivity contribution is 7.07. The minimum absolute atomic E-state index is 0.121. The Morgan fingerprint density at radius 3 is 2.84 bits per heavy atom. The SMILES string of the molecule is COc1ccccc1C1(NC(=O)c2cscn2)CC1. The molecule has 1 aromatic carbocycles. The number of nitrogens with zero attached hydrogens (tertiary/aromatic N) is 1. The number of thiazole rings is 1. The van der Waals surface area contributed by atoms with E-state index in [0.717, 1.165) is 24.2 Å². The van der Waals surface area contributed by atoms with E-state index in [1.807, 2.05) is 24.3 Å². The molecule has 3 rings (SSSR count). The lowest BCUT2D eigenvalue weighted by molar-refractivity contribution is 0.0926. The maximum atomic E-state index is 12.1. The van der Waals surface area contributed by atoms with E-state index in [2.05, 4.69) is 10.3 Å². The molecule has 0 unspecified atom stereocenters. The van der Waals surface area contributed by atoms with Crippen LogP contribution in [0.15, 0.2) is 35.2 Å². The summed E-state index contributed by atoms with van der Waals surface area (Å²) in [5.74, 6) is 0.697.